The van der Waals surface area contributed by atoms with E-state index in [4.69, 9.17) is 4.74 Å². The second-order valence-corrected chi connectivity index (χ2v) is 7.07. The highest BCUT2D eigenvalue weighted by molar-refractivity contribution is 5.86. The molecule has 0 aromatic rings. The highest BCUT2D eigenvalue weighted by atomic mass is 16.6. The van der Waals surface area contributed by atoms with Gasteiger partial charge in [-0.15, -0.1) is 0 Å². The number of ether oxygens (including phenoxy) is 1. The molecule has 18 heavy (non-hydrogen) atoms. The maximum atomic E-state index is 12.5. The lowest BCUT2D eigenvalue weighted by Crippen LogP contribution is -2.33. The summed E-state index contributed by atoms with van der Waals surface area (Å²) in [5.41, 5.74) is -0.0422. The van der Waals surface area contributed by atoms with Crippen molar-refractivity contribution in [3.8, 4) is 0 Å². The lowest BCUT2D eigenvalue weighted by Gasteiger charge is -2.26. The van der Waals surface area contributed by atoms with Crippen LogP contribution >= 0.6 is 0 Å². The van der Waals surface area contributed by atoms with E-state index in [-0.39, 0.29) is 41.2 Å². The quantitative estimate of drug-likeness (QED) is 0.621. The van der Waals surface area contributed by atoms with E-state index < -0.39 is 0 Å². The molecule has 0 bridgehead atoms. The number of ketones is 1. The van der Waals surface area contributed by atoms with Crippen molar-refractivity contribution < 1.29 is 14.3 Å². The second kappa shape index (κ2) is 3.82. The molecule has 3 aliphatic rings. The van der Waals surface area contributed by atoms with Gasteiger partial charge in [-0.3, -0.25) is 9.59 Å². The van der Waals surface area contributed by atoms with Crippen molar-refractivity contribution in [2.24, 2.45) is 29.1 Å². The van der Waals surface area contributed by atoms with Crippen LogP contribution in [0.3, 0.4) is 0 Å². The number of hydrogen-bond donors (Lipinski definition) is 0. The maximum absolute atomic E-state index is 12.5. The van der Waals surface area contributed by atoms with Crippen LogP contribution in [0, 0.1) is 29.1 Å². The van der Waals surface area contributed by atoms with Gasteiger partial charge in [-0.05, 0) is 19.3 Å². The first-order chi connectivity index (χ1) is 8.42. The number of esters is 1. The molecule has 100 valence electrons. The number of carbonyl (C=O) groups excluding carboxylic acids is 2. The zero-order chi connectivity index (χ0) is 13.1. The molecular weight excluding hydrogens is 228 g/mol. The Morgan fingerprint density at radius 2 is 1.89 bits per heavy atom. The molecule has 1 saturated heterocycles. The van der Waals surface area contributed by atoms with Crippen molar-refractivity contribution in [2.75, 3.05) is 0 Å². The lowest BCUT2D eigenvalue weighted by atomic mass is 9.74. The number of rotatable bonds is 0. The standard InChI is InChI=1S/C15H22O3/c1-8-5-4-6-9-11-10(12(8)16)7-15(2,3)13(11)18-14(9)17/h8-11,13H,4-7H2,1-3H3/t8-,9+,10+,11+,13+/m0/s1. The van der Waals surface area contributed by atoms with Gasteiger partial charge in [-0.2, -0.15) is 0 Å². The van der Waals surface area contributed by atoms with Gasteiger partial charge in [0.2, 0.25) is 0 Å². The molecule has 0 radical (unpaired) electrons. The summed E-state index contributed by atoms with van der Waals surface area (Å²) in [5.74, 6) is 0.669. The minimum absolute atomic E-state index is 0.0155. The van der Waals surface area contributed by atoms with Gasteiger partial charge in [0.1, 0.15) is 11.9 Å². The lowest BCUT2D eigenvalue weighted by molar-refractivity contribution is -0.148. The zero-order valence-electron chi connectivity index (χ0n) is 11.4. The monoisotopic (exact) mass is 250 g/mol. The van der Waals surface area contributed by atoms with E-state index in [0.717, 1.165) is 25.7 Å². The third-order valence-corrected chi connectivity index (χ3v) is 5.34. The summed E-state index contributed by atoms with van der Waals surface area (Å²) in [6, 6.07) is 0. The van der Waals surface area contributed by atoms with Crippen LogP contribution in [0.2, 0.25) is 0 Å². The highest BCUT2D eigenvalue weighted by Crippen LogP contribution is 2.56. The van der Waals surface area contributed by atoms with E-state index in [2.05, 4.69) is 13.8 Å². The first-order valence-electron chi connectivity index (χ1n) is 7.16. The molecule has 5 atom stereocenters. The smallest absolute Gasteiger partial charge is 0.309 e. The van der Waals surface area contributed by atoms with Gasteiger partial charge >= 0.3 is 5.97 Å². The molecule has 0 amide bonds. The predicted molar refractivity (Wildman–Crippen MR) is 66.8 cm³/mol. The Balaban J connectivity index is 2.00. The molecule has 1 heterocycles. The average molecular weight is 250 g/mol. The highest BCUT2D eigenvalue weighted by Gasteiger charge is 2.61. The molecule has 0 N–H and O–H groups in total. The van der Waals surface area contributed by atoms with Gasteiger partial charge in [0.25, 0.3) is 0 Å². The van der Waals surface area contributed by atoms with Crippen LogP contribution < -0.4 is 0 Å². The molecule has 1 aliphatic heterocycles. The Labute approximate surface area is 108 Å². The molecule has 3 rings (SSSR count). The topological polar surface area (TPSA) is 43.4 Å². The van der Waals surface area contributed by atoms with E-state index in [1.165, 1.54) is 0 Å². The summed E-state index contributed by atoms with van der Waals surface area (Å²) < 4.78 is 5.62. The van der Waals surface area contributed by atoms with Crippen LogP contribution in [-0.4, -0.2) is 17.9 Å². The van der Waals surface area contributed by atoms with Gasteiger partial charge in [-0.25, -0.2) is 0 Å². The van der Waals surface area contributed by atoms with Crippen molar-refractivity contribution in [3.05, 3.63) is 0 Å². The molecule has 0 unspecified atom stereocenters. The largest absolute Gasteiger partial charge is 0.461 e. The van der Waals surface area contributed by atoms with Crippen LogP contribution in [0.25, 0.3) is 0 Å². The van der Waals surface area contributed by atoms with Gasteiger partial charge in [0, 0.05) is 23.2 Å². The van der Waals surface area contributed by atoms with Crippen LogP contribution in [0.1, 0.15) is 46.5 Å². The first kappa shape index (κ1) is 12.2. The average Bonchev–Trinajstić information content (AvgIpc) is 2.73. The molecule has 3 heteroatoms. The fraction of sp³-hybridized carbons (Fsp3) is 0.867. The number of Topliss-reactive ketones (excluding diaryl/α,β-unsaturated/α-hetero) is 1. The van der Waals surface area contributed by atoms with Crippen LogP contribution in [-0.2, 0) is 14.3 Å². The van der Waals surface area contributed by atoms with E-state index >= 15 is 0 Å². The number of carbonyl (C=O) groups is 2. The molecule has 0 spiro atoms. The van der Waals surface area contributed by atoms with Crippen LogP contribution in [0.4, 0.5) is 0 Å². The summed E-state index contributed by atoms with van der Waals surface area (Å²) in [5, 5.41) is 0. The first-order valence-corrected chi connectivity index (χ1v) is 7.16. The fourth-order valence-electron chi connectivity index (χ4n) is 4.40. The molecular formula is C15H22O3. The molecule has 0 aromatic heterocycles. The fourth-order valence-corrected chi connectivity index (χ4v) is 4.40. The third-order valence-electron chi connectivity index (χ3n) is 5.34. The van der Waals surface area contributed by atoms with Crippen molar-refractivity contribution in [1.82, 2.24) is 0 Å². The van der Waals surface area contributed by atoms with E-state index in [9.17, 15) is 9.59 Å². The predicted octanol–water partition coefficient (Wildman–Crippen LogP) is 2.58. The number of hydrogen-bond acceptors (Lipinski definition) is 3. The molecule has 2 saturated carbocycles. The van der Waals surface area contributed by atoms with Crippen molar-refractivity contribution in [2.45, 2.75) is 52.6 Å². The SMILES string of the molecule is C[C@H]1CCC[C@H]2C(=O)O[C@@H]3[C@H]2[C@@H](CC3(C)C)C1=O. The molecule has 3 fully saturated rings. The summed E-state index contributed by atoms with van der Waals surface area (Å²) >= 11 is 0. The Bertz CT molecular complexity index is 399. The van der Waals surface area contributed by atoms with Crippen LogP contribution in [0.15, 0.2) is 0 Å². The minimum Gasteiger partial charge on any atom is -0.461 e. The summed E-state index contributed by atoms with van der Waals surface area (Å²) in [4.78, 5) is 24.5. The minimum atomic E-state index is -0.0508. The van der Waals surface area contributed by atoms with Crippen molar-refractivity contribution in [1.29, 1.82) is 0 Å². The van der Waals surface area contributed by atoms with Crippen molar-refractivity contribution in [3.63, 3.8) is 0 Å². The van der Waals surface area contributed by atoms with E-state index in [0.29, 0.717) is 5.78 Å². The summed E-state index contributed by atoms with van der Waals surface area (Å²) in [7, 11) is 0. The summed E-state index contributed by atoms with van der Waals surface area (Å²) in [6.45, 7) is 6.31. The van der Waals surface area contributed by atoms with E-state index in [1.54, 1.807) is 0 Å². The normalized spacial score (nSPS) is 46.3. The summed E-state index contributed by atoms with van der Waals surface area (Å²) in [6.07, 6.45) is 3.66. The van der Waals surface area contributed by atoms with Gasteiger partial charge in [0.05, 0.1) is 5.92 Å². The Morgan fingerprint density at radius 3 is 2.61 bits per heavy atom. The Hall–Kier alpha value is -0.860. The second-order valence-electron chi connectivity index (χ2n) is 7.07. The zero-order valence-corrected chi connectivity index (χ0v) is 11.4. The van der Waals surface area contributed by atoms with Gasteiger partial charge in [0.15, 0.2) is 0 Å². The van der Waals surface area contributed by atoms with Gasteiger partial charge < -0.3 is 4.74 Å². The molecule has 3 nitrogen and oxygen atoms in total. The Morgan fingerprint density at radius 1 is 1.17 bits per heavy atom. The van der Waals surface area contributed by atoms with E-state index in [1.807, 2.05) is 6.92 Å². The molecule has 2 aliphatic carbocycles. The third kappa shape index (κ3) is 1.55. The maximum Gasteiger partial charge on any atom is 0.309 e. The molecule has 0 aromatic carbocycles. The van der Waals surface area contributed by atoms with Crippen molar-refractivity contribution >= 4 is 11.8 Å². The Kier molecular flexibility index (Phi) is 2.58. The van der Waals surface area contributed by atoms with Crippen LogP contribution in [0.5, 0.6) is 0 Å². The van der Waals surface area contributed by atoms with Gasteiger partial charge in [-0.1, -0.05) is 27.2 Å².